The van der Waals surface area contributed by atoms with Crippen molar-refractivity contribution < 1.29 is 14.6 Å². The molecule has 148 valence electrons. The van der Waals surface area contributed by atoms with Gasteiger partial charge in [-0.2, -0.15) is 0 Å². The zero-order chi connectivity index (χ0) is 21.1. The van der Waals surface area contributed by atoms with Crippen LogP contribution >= 0.6 is 11.3 Å². The Hall–Kier alpha value is -3.66. The van der Waals surface area contributed by atoms with Gasteiger partial charge in [-0.15, -0.1) is 11.3 Å². The highest BCUT2D eigenvalue weighted by Gasteiger charge is 2.25. The van der Waals surface area contributed by atoms with Crippen LogP contribution in [0.2, 0.25) is 0 Å². The molecule has 0 atom stereocenters. The van der Waals surface area contributed by atoms with Gasteiger partial charge in [0, 0.05) is 23.1 Å². The second kappa shape index (κ2) is 8.15. The predicted molar refractivity (Wildman–Crippen MR) is 109 cm³/mol. The van der Waals surface area contributed by atoms with Gasteiger partial charge in [0.15, 0.2) is 5.13 Å². The van der Waals surface area contributed by atoms with Crippen LogP contribution < -0.4 is 5.32 Å². The third-order valence-electron chi connectivity index (χ3n) is 4.39. The molecule has 1 N–H and O–H groups in total. The normalized spacial score (nSPS) is 10.6. The van der Waals surface area contributed by atoms with Crippen molar-refractivity contribution >= 4 is 33.8 Å². The van der Waals surface area contributed by atoms with Crippen molar-refractivity contribution in [3.63, 3.8) is 0 Å². The number of aromatic nitrogens is 1. The molecule has 1 aromatic heterocycles. The number of rotatable bonds is 6. The number of aryl methyl sites for hydroxylation is 1. The molecule has 0 fully saturated rings. The van der Waals surface area contributed by atoms with Crippen molar-refractivity contribution in [2.45, 2.75) is 20.3 Å². The molecule has 0 saturated heterocycles. The Balaban J connectivity index is 1.86. The monoisotopic (exact) mass is 412 g/mol. The molecule has 0 spiro atoms. The third-order valence-corrected chi connectivity index (χ3v) is 5.15. The zero-order valence-electron chi connectivity index (χ0n) is 15.5. The maximum atomic E-state index is 12.5. The lowest BCUT2D eigenvalue weighted by molar-refractivity contribution is -0.395. The molecule has 10 heteroatoms. The number of carbonyl (C=O) groups is 1. The van der Waals surface area contributed by atoms with Gasteiger partial charge in [-0.05, 0) is 18.9 Å². The van der Waals surface area contributed by atoms with Crippen molar-refractivity contribution in [2.75, 3.05) is 5.32 Å². The number of nitro benzene ring substituents is 2. The van der Waals surface area contributed by atoms with Crippen LogP contribution in [-0.4, -0.2) is 20.7 Å². The number of nitrogens with zero attached hydrogens (tertiary/aromatic N) is 3. The Kier molecular flexibility index (Phi) is 5.64. The number of hydrogen-bond donors (Lipinski definition) is 1. The van der Waals surface area contributed by atoms with E-state index in [0.717, 1.165) is 24.1 Å². The summed E-state index contributed by atoms with van der Waals surface area (Å²) in [7, 11) is 0. The van der Waals surface area contributed by atoms with Gasteiger partial charge in [0.05, 0.1) is 21.1 Å². The van der Waals surface area contributed by atoms with E-state index in [1.807, 2.05) is 24.3 Å². The van der Waals surface area contributed by atoms with Crippen LogP contribution in [0, 0.1) is 27.2 Å². The van der Waals surface area contributed by atoms with E-state index in [2.05, 4.69) is 17.2 Å². The van der Waals surface area contributed by atoms with E-state index in [1.54, 1.807) is 5.38 Å². The van der Waals surface area contributed by atoms with Crippen LogP contribution in [0.15, 0.2) is 41.8 Å². The van der Waals surface area contributed by atoms with Crippen molar-refractivity contribution in [1.29, 1.82) is 0 Å². The van der Waals surface area contributed by atoms with Crippen LogP contribution in [0.1, 0.15) is 28.4 Å². The number of nitro groups is 2. The van der Waals surface area contributed by atoms with Crippen molar-refractivity contribution in [3.05, 3.63) is 78.7 Å². The third kappa shape index (κ3) is 4.27. The molecule has 0 aliphatic rings. The molecule has 0 unspecified atom stereocenters. The summed E-state index contributed by atoms with van der Waals surface area (Å²) < 4.78 is 0. The number of benzene rings is 2. The summed E-state index contributed by atoms with van der Waals surface area (Å²) in [6.07, 6.45) is 0.924. The maximum Gasteiger partial charge on any atom is 0.279 e. The summed E-state index contributed by atoms with van der Waals surface area (Å²) in [4.78, 5) is 37.7. The first-order valence-corrected chi connectivity index (χ1v) is 9.47. The molecule has 3 aromatic rings. The van der Waals surface area contributed by atoms with Crippen molar-refractivity contribution in [1.82, 2.24) is 4.98 Å². The van der Waals surface area contributed by atoms with Gasteiger partial charge in [-0.3, -0.25) is 30.3 Å². The Morgan fingerprint density at radius 1 is 1.10 bits per heavy atom. The largest absolute Gasteiger partial charge is 0.298 e. The van der Waals surface area contributed by atoms with Crippen molar-refractivity contribution in [2.24, 2.45) is 0 Å². The van der Waals surface area contributed by atoms with Gasteiger partial charge in [0.1, 0.15) is 5.56 Å². The average Bonchev–Trinajstić information content (AvgIpc) is 3.16. The highest BCUT2D eigenvalue weighted by atomic mass is 32.1. The van der Waals surface area contributed by atoms with E-state index < -0.39 is 27.1 Å². The van der Waals surface area contributed by atoms with Crippen LogP contribution in [0.25, 0.3) is 11.3 Å². The van der Waals surface area contributed by atoms with Crippen molar-refractivity contribution in [3.8, 4) is 11.3 Å². The fourth-order valence-electron chi connectivity index (χ4n) is 2.74. The molecule has 0 saturated carbocycles. The molecule has 1 heterocycles. The van der Waals surface area contributed by atoms with E-state index in [1.165, 1.54) is 23.8 Å². The molecule has 2 aromatic carbocycles. The Morgan fingerprint density at radius 3 is 2.21 bits per heavy atom. The second-order valence-corrected chi connectivity index (χ2v) is 7.05. The van der Waals surface area contributed by atoms with Crippen LogP contribution in [0.5, 0.6) is 0 Å². The SMILES string of the molecule is CCc1ccc(-c2csc(NC(=O)c3cc([N+](=O)[O-])c(C)c([N+](=O)[O-])c3)n2)cc1. The summed E-state index contributed by atoms with van der Waals surface area (Å²) in [5.74, 6) is -0.710. The standard InChI is InChI=1S/C19H16N4O5S/c1-3-12-4-6-13(7-5-12)15-10-29-19(20-15)21-18(24)14-8-16(22(25)26)11(2)17(9-14)23(27)28/h4-10H,3H2,1-2H3,(H,20,21,24). The summed E-state index contributed by atoms with van der Waals surface area (Å²) in [5.41, 5.74) is 1.50. The highest BCUT2D eigenvalue weighted by molar-refractivity contribution is 7.14. The van der Waals surface area contributed by atoms with E-state index in [0.29, 0.717) is 5.69 Å². The highest BCUT2D eigenvalue weighted by Crippen LogP contribution is 2.30. The van der Waals surface area contributed by atoms with E-state index in [9.17, 15) is 25.0 Å². The quantitative estimate of drug-likeness (QED) is 0.459. The van der Waals surface area contributed by atoms with E-state index in [-0.39, 0.29) is 16.3 Å². The smallest absolute Gasteiger partial charge is 0.279 e. The first-order chi connectivity index (χ1) is 13.8. The first kappa shape index (κ1) is 20.1. The molecule has 3 rings (SSSR count). The summed E-state index contributed by atoms with van der Waals surface area (Å²) in [6.45, 7) is 3.33. The Morgan fingerprint density at radius 2 is 1.69 bits per heavy atom. The van der Waals surface area contributed by atoms with Gasteiger partial charge in [0.25, 0.3) is 17.3 Å². The number of anilines is 1. The van der Waals surface area contributed by atoms with Gasteiger partial charge >= 0.3 is 0 Å². The summed E-state index contributed by atoms with van der Waals surface area (Å²) in [6, 6.07) is 9.92. The average molecular weight is 412 g/mol. The van der Waals surface area contributed by atoms with Crippen LogP contribution in [0.3, 0.4) is 0 Å². The molecule has 9 nitrogen and oxygen atoms in total. The number of nitrogens with one attached hydrogen (secondary N) is 1. The molecule has 0 aliphatic heterocycles. The fourth-order valence-corrected chi connectivity index (χ4v) is 3.45. The summed E-state index contributed by atoms with van der Waals surface area (Å²) >= 11 is 1.19. The molecule has 29 heavy (non-hydrogen) atoms. The maximum absolute atomic E-state index is 12.5. The minimum Gasteiger partial charge on any atom is -0.298 e. The lowest BCUT2D eigenvalue weighted by Gasteiger charge is -2.05. The van der Waals surface area contributed by atoms with Gasteiger partial charge < -0.3 is 0 Å². The Labute approximate surface area is 169 Å². The minimum absolute atomic E-state index is 0.108. The molecule has 1 amide bonds. The minimum atomic E-state index is -0.749. The summed E-state index contributed by atoms with van der Waals surface area (Å²) in [5, 5.41) is 27.0. The Bertz CT molecular complexity index is 1070. The predicted octanol–water partition coefficient (Wildman–Crippen LogP) is 4.75. The first-order valence-electron chi connectivity index (χ1n) is 8.59. The van der Waals surface area contributed by atoms with Gasteiger partial charge in [-0.1, -0.05) is 31.2 Å². The van der Waals surface area contributed by atoms with Gasteiger partial charge in [0.2, 0.25) is 0 Å². The lowest BCUT2D eigenvalue weighted by Crippen LogP contribution is -2.13. The second-order valence-electron chi connectivity index (χ2n) is 6.20. The molecule has 0 bridgehead atoms. The zero-order valence-corrected chi connectivity index (χ0v) is 16.4. The number of hydrogen-bond acceptors (Lipinski definition) is 7. The number of thiazole rings is 1. The molecular formula is C19H16N4O5S. The molecule has 0 aliphatic carbocycles. The van der Waals surface area contributed by atoms with Gasteiger partial charge in [-0.25, -0.2) is 4.98 Å². The topological polar surface area (TPSA) is 128 Å². The molecule has 0 radical (unpaired) electrons. The van der Waals surface area contributed by atoms with Crippen LogP contribution in [-0.2, 0) is 6.42 Å². The van der Waals surface area contributed by atoms with Crippen LogP contribution in [0.4, 0.5) is 16.5 Å². The molecular weight excluding hydrogens is 396 g/mol. The van der Waals surface area contributed by atoms with E-state index >= 15 is 0 Å². The number of amides is 1. The lowest BCUT2D eigenvalue weighted by atomic mass is 10.1. The fraction of sp³-hybridized carbons (Fsp3) is 0.158. The number of carbonyl (C=O) groups excluding carboxylic acids is 1. The van der Waals surface area contributed by atoms with E-state index in [4.69, 9.17) is 0 Å².